The van der Waals surface area contributed by atoms with Crippen molar-refractivity contribution in [1.29, 1.82) is 0 Å². The summed E-state index contributed by atoms with van der Waals surface area (Å²) >= 11 is 1.30. The molecule has 0 aliphatic carbocycles. The standard InChI is InChI=1S/C22H16F3N3O2S/c1-30-17-9-10-19-18(12-17)27-21(31-19)28(13-16-4-2-3-11-26-16)20(29)14-5-7-15(8-6-14)22(23,24)25/h2-12H,13H2,1H3. The minimum absolute atomic E-state index is 0.123. The van der Waals surface area contributed by atoms with Crippen LogP contribution in [0.25, 0.3) is 10.2 Å². The Morgan fingerprint density at radius 1 is 1.10 bits per heavy atom. The smallest absolute Gasteiger partial charge is 0.416 e. The molecule has 0 saturated carbocycles. The Bertz CT molecular complexity index is 1210. The number of nitrogens with zero attached hydrogens (tertiary/aromatic N) is 3. The van der Waals surface area contributed by atoms with Crippen LogP contribution in [0.1, 0.15) is 21.6 Å². The summed E-state index contributed by atoms with van der Waals surface area (Å²) in [5.74, 6) is 0.167. The molecule has 0 spiro atoms. The molecule has 2 aromatic carbocycles. The van der Waals surface area contributed by atoms with Gasteiger partial charge in [-0.15, -0.1) is 0 Å². The minimum atomic E-state index is -4.47. The van der Waals surface area contributed by atoms with Crippen LogP contribution < -0.4 is 9.64 Å². The molecule has 31 heavy (non-hydrogen) atoms. The maximum atomic E-state index is 13.3. The average Bonchev–Trinajstić information content (AvgIpc) is 3.20. The van der Waals surface area contributed by atoms with E-state index < -0.39 is 17.6 Å². The molecule has 0 fully saturated rings. The second-order valence-electron chi connectivity index (χ2n) is 6.62. The summed E-state index contributed by atoms with van der Waals surface area (Å²) in [4.78, 5) is 23.5. The van der Waals surface area contributed by atoms with Crippen molar-refractivity contribution in [2.75, 3.05) is 12.0 Å². The summed E-state index contributed by atoms with van der Waals surface area (Å²) in [6, 6.07) is 14.9. The van der Waals surface area contributed by atoms with Crippen molar-refractivity contribution in [2.24, 2.45) is 0 Å². The topological polar surface area (TPSA) is 55.3 Å². The maximum Gasteiger partial charge on any atom is 0.416 e. The number of halogens is 3. The molecule has 0 N–H and O–H groups in total. The summed E-state index contributed by atoms with van der Waals surface area (Å²) in [5.41, 5.74) is 0.596. The summed E-state index contributed by atoms with van der Waals surface area (Å²) in [6.07, 6.45) is -2.86. The zero-order valence-electron chi connectivity index (χ0n) is 16.3. The number of thiazole rings is 1. The first-order valence-corrected chi connectivity index (χ1v) is 10.0. The number of ether oxygens (including phenoxy) is 1. The van der Waals surface area contributed by atoms with E-state index in [-0.39, 0.29) is 12.1 Å². The molecule has 0 aliphatic heterocycles. The Kier molecular flexibility index (Phi) is 5.60. The van der Waals surface area contributed by atoms with Gasteiger partial charge in [0.1, 0.15) is 5.75 Å². The molecule has 0 bridgehead atoms. The van der Waals surface area contributed by atoms with E-state index in [4.69, 9.17) is 4.74 Å². The van der Waals surface area contributed by atoms with Crippen LogP contribution in [0.15, 0.2) is 66.9 Å². The molecule has 2 aromatic heterocycles. The number of fused-ring (bicyclic) bond motifs is 1. The molecule has 0 saturated heterocycles. The first-order chi connectivity index (χ1) is 14.8. The zero-order chi connectivity index (χ0) is 22.0. The van der Waals surface area contributed by atoms with Crippen LogP contribution in [0.5, 0.6) is 5.75 Å². The lowest BCUT2D eigenvalue weighted by atomic mass is 10.1. The van der Waals surface area contributed by atoms with Crippen molar-refractivity contribution in [3.05, 3.63) is 83.7 Å². The number of methoxy groups -OCH3 is 1. The fourth-order valence-electron chi connectivity index (χ4n) is 2.98. The quantitative estimate of drug-likeness (QED) is 0.405. The van der Waals surface area contributed by atoms with Gasteiger partial charge in [-0.3, -0.25) is 14.7 Å². The molecule has 0 unspecified atom stereocenters. The third-order valence-corrected chi connectivity index (χ3v) is 5.62. The van der Waals surface area contributed by atoms with E-state index in [9.17, 15) is 18.0 Å². The van der Waals surface area contributed by atoms with Crippen molar-refractivity contribution in [3.63, 3.8) is 0 Å². The van der Waals surface area contributed by atoms with E-state index in [1.165, 1.54) is 28.4 Å². The van der Waals surface area contributed by atoms with Gasteiger partial charge in [-0.25, -0.2) is 4.98 Å². The van der Waals surface area contributed by atoms with Gasteiger partial charge < -0.3 is 4.74 Å². The largest absolute Gasteiger partial charge is 0.497 e. The van der Waals surface area contributed by atoms with E-state index >= 15 is 0 Å². The molecular formula is C22H16F3N3O2S. The third kappa shape index (κ3) is 4.51. The Hall–Kier alpha value is -3.46. The van der Waals surface area contributed by atoms with E-state index in [1.807, 2.05) is 6.07 Å². The molecule has 2 heterocycles. The number of hydrogen-bond donors (Lipinski definition) is 0. The number of aromatic nitrogens is 2. The van der Waals surface area contributed by atoms with Gasteiger partial charge in [-0.05, 0) is 48.5 Å². The zero-order valence-corrected chi connectivity index (χ0v) is 17.1. The van der Waals surface area contributed by atoms with E-state index in [2.05, 4.69) is 9.97 Å². The lowest BCUT2D eigenvalue weighted by Gasteiger charge is -2.20. The van der Waals surface area contributed by atoms with Crippen LogP contribution in [0.2, 0.25) is 0 Å². The number of carbonyl (C=O) groups excluding carboxylic acids is 1. The molecule has 4 aromatic rings. The van der Waals surface area contributed by atoms with Gasteiger partial charge in [0.05, 0.1) is 35.1 Å². The lowest BCUT2D eigenvalue weighted by molar-refractivity contribution is -0.137. The summed E-state index contributed by atoms with van der Waals surface area (Å²) in [7, 11) is 1.55. The van der Waals surface area contributed by atoms with Gasteiger partial charge in [0.15, 0.2) is 5.13 Å². The predicted octanol–water partition coefficient (Wildman–Crippen LogP) is 5.57. The first kappa shape index (κ1) is 20.8. The Balaban J connectivity index is 1.73. The van der Waals surface area contributed by atoms with Crippen LogP contribution in [-0.4, -0.2) is 23.0 Å². The molecule has 0 atom stereocenters. The van der Waals surface area contributed by atoms with Crippen LogP contribution >= 0.6 is 11.3 Å². The second kappa shape index (κ2) is 8.35. The van der Waals surface area contributed by atoms with Crippen molar-refractivity contribution < 1.29 is 22.7 Å². The van der Waals surface area contributed by atoms with Crippen molar-refractivity contribution in [2.45, 2.75) is 12.7 Å². The Morgan fingerprint density at radius 2 is 1.87 bits per heavy atom. The average molecular weight is 443 g/mol. The lowest BCUT2D eigenvalue weighted by Crippen LogP contribution is -2.30. The predicted molar refractivity (Wildman–Crippen MR) is 112 cm³/mol. The summed E-state index contributed by atoms with van der Waals surface area (Å²) in [5, 5.41) is 0.416. The molecule has 4 rings (SSSR count). The van der Waals surface area contributed by atoms with E-state index in [0.717, 1.165) is 16.8 Å². The van der Waals surface area contributed by atoms with Crippen LogP contribution in [0.3, 0.4) is 0 Å². The van der Waals surface area contributed by atoms with Crippen molar-refractivity contribution in [1.82, 2.24) is 9.97 Å². The molecule has 1 amide bonds. The molecule has 158 valence electrons. The highest BCUT2D eigenvalue weighted by Gasteiger charge is 2.31. The van der Waals surface area contributed by atoms with Crippen LogP contribution in [-0.2, 0) is 12.7 Å². The van der Waals surface area contributed by atoms with Crippen molar-refractivity contribution in [3.8, 4) is 5.75 Å². The molecule has 5 nitrogen and oxygen atoms in total. The number of pyridine rings is 1. The molecule has 9 heteroatoms. The Labute approximate surface area is 179 Å². The number of benzene rings is 2. The fourth-order valence-corrected chi connectivity index (χ4v) is 3.92. The van der Waals surface area contributed by atoms with Gasteiger partial charge >= 0.3 is 6.18 Å². The number of amides is 1. The van der Waals surface area contributed by atoms with Crippen LogP contribution in [0, 0.1) is 0 Å². The highest BCUT2D eigenvalue weighted by molar-refractivity contribution is 7.22. The van der Waals surface area contributed by atoms with Gasteiger partial charge in [-0.1, -0.05) is 17.4 Å². The number of anilines is 1. The number of carbonyl (C=O) groups is 1. The Morgan fingerprint density at radius 3 is 2.52 bits per heavy atom. The normalized spacial score (nSPS) is 11.5. The molecule has 0 aliphatic rings. The van der Waals surface area contributed by atoms with Gasteiger partial charge in [0.2, 0.25) is 0 Å². The number of rotatable bonds is 5. The number of hydrogen-bond acceptors (Lipinski definition) is 5. The molecule has 0 radical (unpaired) electrons. The monoisotopic (exact) mass is 443 g/mol. The van der Waals surface area contributed by atoms with E-state index in [0.29, 0.717) is 22.1 Å². The van der Waals surface area contributed by atoms with Gasteiger partial charge in [0.25, 0.3) is 5.91 Å². The second-order valence-corrected chi connectivity index (χ2v) is 7.63. The fraction of sp³-hybridized carbons (Fsp3) is 0.136. The van der Waals surface area contributed by atoms with Crippen molar-refractivity contribution >= 4 is 32.6 Å². The SMILES string of the molecule is COc1ccc2sc(N(Cc3ccccn3)C(=O)c3ccc(C(F)(F)F)cc3)nc2c1. The highest BCUT2D eigenvalue weighted by Crippen LogP contribution is 2.33. The first-order valence-electron chi connectivity index (χ1n) is 9.19. The summed E-state index contributed by atoms with van der Waals surface area (Å²) < 4.78 is 44.7. The molecular weight excluding hydrogens is 427 g/mol. The van der Waals surface area contributed by atoms with Gasteiger partial charge in [0, 0.05) is 17.8 Å². The van der Waals surface area contributed by atoms with E-state index in [1.54, 1.807) is 43.6 Å². The van der Waals surface area contributed by atoms with Crippen LogP contribution in [0.4, 0.5) is 18.3 Å². The third-order valence-electron chi connectivity index (χ3n) is 4.56. The minimum Gasteiger partial charge on any atom is -0.497 e. The maximum absolute atomic E-state index is 13.3. The highest BCUT2D eigenvalue weighted by atomic mass is 32.1. The van der Waals surface area contributed by atoms with Gasteiger partial charge in [-0.2, -0.15) is 13.2 Å². The summed E-state index contributed by atoms with van der Waals surface area (Å²) in [6.45, 7) is 0.123. The number of alkyl halides is 3.